The van der Waals surface area contributed by atoms with Crippen LogP contribution in [0.4, 0.5) is 5.95 Å². The first-order valence-electron chi connectivity index (χ1n) is 5.89. The number of benzene rings is 1. The average molecular weight is 304 g/mol. The smallest absolute Gasteiger partial charge is 0.328 e. The standard InChI is InChI=1S/C12H10ClN7O/c13-8-2-1-3-9(6-8)21-12-17-10(19-14)16-11(18-12)20-5-4-15-7-20/h1-7H,14H2,(H,16,17,18,19). The summed E-state index contributed by atoms with van der Waals surface area (Å²) in [5.41, 5.74) is 2.36. The Morgan fingerprint density at radius 1 is 1.24 bits per heavy atom. The van der Waals surface area contributed by atoms with Crippen LogP contribution in [0.25, 0.3) is 5.95 Å². The molecule has 9 heteroatoms. The molecule has 0 aliphatic heterocycles. The zero-order chi connectivity index (χ0) is 14.7. The van der Waals surface area contributed by atoms with E-state index in [2.05, 4.69) is 25.4 Å². The molecule has 8 nitrogen and oxygen atoms in total. The third-order valence-corrected chi connectivity index (χ3v) is 2.71. The summed E-state index contributed by atoms with van der Waals surface area (Å²) in [6.07, 6.45) is 4.86. The maximum atomic E-state index is 5.90. The Labute approximate surface area is 124 Å². The molecule has 0 fully saturated rings. The third-order valence-electron chi connectivity index (χ3n) is 2.47. The normalized spacial score (nSPS) is 10.4. The Bertz CT molecular complexity index is 747. The fourth-order valence-corrected chi connectivity index (χ4v) is 1.77. The number of hydrogen-bond donors (Lipinski definition) is 2. The van der Waals surface area contributed by atoms with Gasteiger partial charge in [0.15, 0.2) is 0 Å². The van der Waals surface area contributed by atoms with E-state index in [0.717, 1.165) is 0 Å². The number of hydrazine groups is 1. The molecule has 0 amide bonds. The molecule has 0 unspecified atom stereocenters. The second kappa shape index (κ2) is 5.73. The zero-order valence-electron chi connectivity index (χ0n) is 10.6. The Morgan fingerprint density at radius 3 is 2.86 bits per heavy atom. The topological polar surface area (TPSA) is 104 Å². The number of nitrogen functional groups attached to an aromatic ring is 1. The molecule has 0 atom stereocenters. The van der Waals surface area contributed by atoms with Crippen molar-refractivity contribution in [3.63, 3.8) is 0 Å². The first kappa shape index (κ1) is 13.3. The molecule has 3 rings (SSSR count). The highest BCUT2D eigenvalue weighted by Crippen LogP contribution is 2.22. The van der Waals surface area contributed by atoms with Gasteiger partial charge in [-0.2, -0.15) is 15.0 Å². The molecular weight excluding hydrogens is 294 g/mol. The van der Waals surface area contributed by atoms with Gasteiger partial charge in [0.25, 0.3) is 0 Å². The quantitative estimate of drug-likeness (QED) is 0.559. The first-order chi connectivity index (χ1) is 10.2. The number of nitrogens with zero attached hydrogens (tertiary/aromatic N) is 5. The minimum atomic E-state index is 0.0870. The summed E-state index contributed by atoms with van der Waals surface area (Å²) in [6, 6.07) is 6.98. The number of aromatic nitrogens is 5. The highest BCUT2D eigenvalue weighted by Gasteiger charge is 2.09. The Balaban J connectivity index is 1.96. The van der Waals surface area contributed by atoms with Gasteiger partial charge in [-0.15, -0.1) is 0 Å². The van der Waals surface area contributed by atoms with Gasteiger partial charge in [0.2, 0.25) is 11.9 Å². The van der Waals surface area contributed by atoms with E-state index in [9.17, 15) is 0 Å². The van der Waals surface area contributed by atoms with Crippen LogP contribution in [0.2, 0.25) is 5.02 Å². The average Bonchev–Trinajstić information content (AvgIpc) is 3.01. The van der Waals surface area contributed by atoms with Crippen LogP contribution in [0.3, 0.4) is 0 Å². The molecule has 2 heterocycles. The number of ether oxygens (including phenoxy) is 1. The van der Waals surface area contributed by atoms with E-state index >= 15 is 0 Å². The third kappa shape index (κ3) is 3.07. The molecule has 1 aromatic carbocycles. The summed E-state index contributed by atoms with van der Waals surface area (Å²) in [7, 11) is 0. The van der Waals surface area contributed by atoms with Gasteiger partial charge in [-0.3, -0.25) is 9.99 Å². The molecule has 0 radical (unpaired) electrons. The number of halogens is 1. The Morgan fingerprint density at radius 2 is 2.14 bits per heavy atom. The predicted molar refractivity (Wildman–Crippen MR) is 76.3 cm³/mol. The van der Waals surface area contributed by atoms with Gasteiger partial charge in [-0.1, -0.05) is 17.7 Å². The van der Waals surface area contributed by atoms with E-state index in [1.165, 1.54) is 0 Å². The fraction of sp³-hybridized carbons (Fsp3) is 0. The first-order valence-corrected chi connectivity index (χ1v) is 6.27. The van der Waals surface area contributed by atoms with Crippen molar-refractivity contribution in [3.8, 4) is 17.7 Å². The molecular formula is C12H10ClN7O. The Hall–Kier alpha value is -2.71. The monoisotopic (exact) mass is 303 g/mol. The number of rotatable bonds is 4. The predicted octanol–water partition coefficient (Wildman–Crippen LogP) is 1.79. The lowest BCUT2D eigenvalue weighted by Crippen LogP contribution is -2.13. The molecule has 0 bridgehead atoms. The van der Waals surface area contributed by atoms with Crippen molar-refractivity contribution in [1.29, 1.82) is 0 Å². The van der Waals surface area contributed by atoms with Crippen LogP contribution in [0.15, 0.2) is 43.0 Å². The van der Waals surface area contributed by atoms with Gasteiger partial charge >= 0.3 is 6.01 Å². The molecule has 3 aromatic rings. The molecule has 0 spiro atoms. The van der Waals surface area contributed by atoms with Crippen molar-refractivity contribution < 1.29 is 4.74 Å². The van der Waals surface area contributed by atoms with Gasteiger partial charge in [0, 0.05) is 17.4 Å². The van der Waals surface area contributed by atoms with E-state index < -0.39 is 0 Å². The summed E-state index contributed by atoms with van der Waals surface area (Å²) >= 11 is 5.90. The lowest BCUT2D eigenvalue weighted by molar-refractivity contribution is 0.439. The number of anilines is 1. The number of nitrogens with two attached hydrogens (primary N) is 1. The van der Waals surface area contributed by atoms with Crippen LogP contribution >= 0.6 is 11.6 Å². The summed E-state index contributed by atoms with van der Waals surface area (Å²) < 4.78 is 7.17. The second-order valence-electron chi connectivity index (χ2n) is 3.92. The van der Waals surface area contributed by atoms with Gasteiger partial charge in [-0.25, -0.2) is 10.8 Å². The Kier molecular flexibility index (Phi) is 3.63. The van der Waals surface area contributed by atoms with Gasteiger partial charge in [0.05, 0.1) is 0 Å². The molecule has 21 heavy (non-hydrogen) atoms. The molecule has 0 saturated heterocycles. The van der Waals surface area contributed by atoms with Crippen molar-refractivity contribution in [2.24, 2.45) is 5.84 Å². The SMILES string of the molecule is NNc1nc(Oc2cccc(Cl)c2)nc(-n2ccnc2)n1. The highest BCUT2D eigenvalue weighted by atomic mass is 35.5. The van der Waals surface area contributed by atoms with Crippen molar-refractivity contribution >= 4 is 17.5 Å². The summed E-state index contributed by atoms with van der Waals surface area (Å²) in [5, 5.41) is 0.550. The maximum absolute atomic E-state index is 5.90. The van der Waals surface area contributed by atoms with Gasteiger partial charge in [0.1, 0.15) is 12.1 Å². The lowest BCUT2D eigenvalue weighted by Gasteiger charge is -2.08. The van der Waals surface area contributed by atoms with E-state index in [1.807, 2.05) is 0 Å². The fourth-order valence-electron chi connectivity index (χ4n) is 1.58. The lowest BCUT2D eigenvalue weighted by atomic mass is 10.3. The molecule has 2 aromatic heterocycles. The van der Waals surface area contributed by atoms with Crippen molar-refractivity contribution in [1.82, 2.24) is 24.5 Å². The largest absolute Gasteiger partial charge is 0.424 e. The maximum Gasteiger partial charge on any atom is 0.328 e. The summed E-state index contributed by atoms with van der Waals surface area (Å²) in [4.78, 5) is 16.3. The van der Waals surface area contributed by atoms with Crippen LogP contribution in [0, 0.1) is 0 Å². The summed E-state index contributed by atoms with van der Waals surface area (Å²) in [5.74, 6) is 6.36. The van der Waals surface area contributed by atoms with E-state index in [1.54, 1.807) is 47.6 Å². The van der Waals surface area contributed by atoms with Crippen LogP contribution in [0.5, 0.6) is 11.8 Å². The van der Waals surface area contributed by atoms with Crippen molar-refractivity contribution in [2.75, 3.05) is 5.43 Å². The minimum absolute atomic E-state index is 0.0870. The van der Waals surface area contributed by atoms with Gasteiger partial charge < -0.3 is 4.74 Å². The van der Waals surface area contributed by atoms with Gasteiger partial charge in [-0.05, 0) is 18.2 Å². The molecule has 0 aliphatic carbocycles. The van der Waals surface area contributed by atoms with Crippen molar-refractivity contribution in [3.05, 3.63) is 48.0 Å². The van der Waals surface area contributed by atoms with Crippen LogP contribution in [-0.4, -0.2) is 24.5 Å². The molecule has 0 saturated carbocycles. The minimum Gasteiger partial charge on any atom is -0.424 e. The van der Waals surface area contributed by atoms with E-state index in [4.69, 9.17) is 22.2 Å². The highest BCUT2D eigenvalue weighted by molar-refractivity contribution is 6.30. The van der Waals surface area contributed by atoms with Crippen LogP contribution < -0.4 is 16.0 Å². The van der Waals surface area contributed by atoms with Crippen molar-refractivity contribution in [2.45, 2.75) is 0 Å². The number of imidazole rings is 1. The molecule has 0 aliphatic rings. The van der Waals surface area contributed by atoms with E-state index in [0.29, 0.717) is 16.7 Å². The summed E-state index contributed by atoms with van der Waals surface area (Å²) in [6.45, 7) is 0. The van der Waals surface area contributed by atoms with Crippen LogP contribution in [0.1, 0.15) is 0 Å². The van der Waals surface area contributed by atoms with Crippen LogP contribution in [-0.2, 0) is 0 Å². The molecule has 106 valence electrons. The van der Waals surface area contributed by atoms with E-state index in [-0.39, 0.29) is 12.0 Å². The zero-order valence-corrected chi connectivity index (χ0v) is 11.4. The number of nitrogens with one attached hydrogen (secondary N) is 1. The number of hydrogen-bond acceptors (Lipinski definition) is 7. The molecule has 3 N–H and O–H groups in total. The second-order valence-corrected chi connectivity index (χ2v) is 4.35.